The minimum absolute atomic E-state index is 0.0749. The molecule has 2 heterocycles. The highest BCUT2D eigenvalue weighted by Gasteiger charge is 2.12. The van der Waals surface area contributed by atoms with E-state index in [1.54, 1.807) is 41.1 Å². The number of amides is 1. The molecule has 0 saturated carbocycles. The number of rotatable bonds is 4. The molecule has 0 spiro atoms. The van der Waals surface area contributed by atoms with Gasteiger partial charge in [0.1, 0.15) is 6.54 Å². The van der Waals surface area contributed by atoms with Gasteiger partial charge in [-0.2, -0.15) is 0 Å². The van der Waals surface area contributed by atoms with Crippen LogP contribution < -0.4 is 11.1 Å². The van der Waals surface area contributed by atoms with Gasteiger partial charge in [0.15, 0.2) is 5.58 Å². The predicted molar refractivity (Wildman–Crippen MR) is 91.9 cm³/mol. The van der Waals surface area contributed by atoms with Crippen molar-refractivity contribution >= 4 is 38.6 Å². The normalized spacial score (nSPS) is 11.2. The number of hydrogen-bond donors (Lipinski definition) is 1. The van der Waals surface area contributed by atoms with Gasteiger partial charge in [-0.3, -0.25) is 9.36 Å². The molecule has 4 aromatic rings. The van der Waals surface area contributed by atoms with Gasteiger partial charge in [-0.05, 0) is 23.8 Å². The Morgan fingerprint density at radius 1 is 1.21 bits per heavy atom. The maximum absolute atomic E-state index is 12.2. The molecule has 120 valence electrons. The molecule has 0 aliphatic rings. The summed E-state index contributed by atoms with van der Waals surface area (Å²) in [6, 6.07) is 12.9. The maximum atomic E-state index is 12.2. The van der Waals surface area contributed by atoms with Crippen molar-refractivity contribution in [3.63, 3.8) is 0 Å². The SMILES string of the molecule is O=C(Cn1c(=O)oc2ccccc21)NCc1cccc2ncsc12. The Morgan fingerprint density at radius 2 is 2.08 bits per heavy atom. The average molecular weight is 339 g/mol. The van der Waals surface area contributed by atoms with Crippen LogP contribution in [0.2, 0.25) is 0 Å². The Labute approximate surface area is 140 Å². The molecule has 1 amide bonds. The molecule has 7 heteroatoms. The van der Waals surface area contributed by atoms with E-state index >= 15 is 0 Å². The zero-order valence-electron chi connectivity index (χ0n) is 12.6. The molecular weight excluding hydrogens is 326 g/mol. The Morgan fingerprint density at radius 3 is 3.00 bits per heavy atom. The fourth-order valence-corrected chi connectivity index (χ4v) is 3.45. The van der Waals surface area contributed by atoms with E-state index in [0.29, 0.717) is 17.6 Å². The maximum Gasteiger partial charge on any atom is 0.420 e. The number of hydrogen-bond acceptors (Lipinski definition) is 5. The van der Waals surface area contributed by atoms with E-state index in [1.807, 2.05) is 18.2 Å². The summed E-state index contributed by atoms with van der Waals surface area (Å²) < 4.78 is 7.52. The predicted octanol–water partition coefficient (Wildman–Crippen LogP) is 2.52. The Bertz CT molecular complexity index is 1090. The summed E-state index contributed by atoms with van der Waals surface area (Å²) in [6.45, 7) is 0.317. The molecule has 0 fully saturated rings. The molecule has 0 atom stereocenters. The number of thiazole rings is 1. The lowest BCUT2D eigenvalue weighted by atomic mass is 10.2. The minimum atomic E-state index is -0.532. The second-order valence-electron chi connectivity index (χ2n) is 5.32. The standard InChI is InChI=1S/C17H13N3O3S/c21-15(9-20-13-6-1-2-7-14(13)23-17(20)22)18-8-11-4-3-5-12-16(11)24-10-19-12/h1-7,10H,8-9H2,(H,18,21). The van der Waals surface area contributed by atoms with Crippen molar-refractivity contribution in [2.45, 2.75) is 13.1 Å². The first kappa shape index (κ1) is 14.6. The molecule has 0 aliphatic carbocycles. The molecule has 1 N–H and O–H groups in total. The number of carbonyl (C=O) groups excluding carboxylic acids is 1. The van der Waals surface area contributed by atoms with Crippen LogP contribution in [0.3, 0.4) is 0 Å². The molecule has 0 unspecified atom stereocenters. The zero-order valence-corrected chi connectivity index (χ0v) is 13.4. The average Bonchev–Trinajstić information content (AvgIpc) is 3.18. The lowest BCUT2D eigenvalue weighted by Gasteiger charge is -2.06. The van der Waals surface area contributed by atoms with Crippen molar-refractivity contribution in [2.24, 2.45) is 0 Å². The van der Waals surface area contributed by atoms with Crippen LogP contribution >= 0.6 is 11.3 Å². The van der Waals surface area contributed by atoms with E-state index in [0.717, 1.165) is 15.8 Å². The van der Waals surface area contributed by atoms with Gasteiger partial charge in [-0.15, -0.1) is 11.3 Å². The van der Waals surface area contributed by atoms with Gasteiger partial charge in [0.25, 0.3) is 0 Å². The Kier molecular flexibility index (Phi) is 3.62. The summed E-state index contributed by atoms with van der Waals surface area (Å²) in [5.41, 5.74) is 4.80. The van der Waals surface area contributed by atoms with Crippen molar-refractivity contribution in [3.05, 3.63) is 64.1 Å². The summed E-state index contributed by atoms with van der Waals surface area (Å²) in [7, 11) is 0. The molecule has 2 aromatic heterocycles. The van der Waals surface area contributed by atoms with Crippen LogP contribution in [0, 0.1) is 0 Å². The second kappa shape index (κ2) is 5.93. The van der Waals surface area contributed by atoms with Crippen molar-refractivity contribution in [3.8, 4) is 0 Å². The van der Waals surface area contributed by atoms with Gasteiger partial charge in [-0.1, -0.05) is 24.3 Å². The number of nitrogens with one attached hydrogen (secondary N) is 1. The molecular formula is C17H13N3O3S. The van der Waals surface area contributed by atoms with Gasteiger partial charge in [0.05, 0.1) is 21.2 Å². The summed E-state index contributed by atoms with van der Waals surface area (Å²) in [5, 5.41) is 2.85. The van der Waals surface area contributed by atoms with Crippen LogP contribution in [0.15, 0.2) is 57.2 Å². The number of aromatic nitrogens is 2. The molecule has 24 heavy (non-hydrogen) atoms. The number of benzene rings is 2. The van der Waals surface area contributed by atoms with E-state index in [4.69, 9.17) is 4.42 Å². The largest absolute Gasteiger partial charge is 0.420 e. The zero-order chi connectivity index (χ0) is 16.5. The lowest BCUT2D eigenvalue weighted by molar-refractivity contribution is -0.121. The molecule has 0 bridgehead atoms. The number of oxazole rings is 1. The van der Waals surface area contributed by atoms with Crippen LogP contribution in [0.4, 0.5) is 0 Å². The number of fused-ring (bicyclic) bond motifs is 2. The highest BCUT2D eigenvalue weighted by molar-refractivity contribution is 7.16. The summed E-state index contributed by atoms with van der Waals surface area (Å²) in [6.07, 6.45) is 0. The van der Waals surface area contributed by atoms with E-state index in [-0.39, 0.29) is 12.5 Å². The molecule has 0 radical (unpaired) electrons. The van der Waals surface area contributed by atoms with Gasteiger partial charge in [0, 0.05) is 6.54 Å². The third-order valence-corrected chi connectivity index (χ3v) is 4.71. The first-order chi connectivity index (χ1) is 11.7. The summed E-state index contributed by atoms with van der Waals surface area (Å²) in [4.78, 5) is 28.4. The van der Waals surface area contributed by atoms with E-state index < -0.39 is 5.76 Å². The van der Waals surface area contributed by atoms with Crippen LogP contribution in [0.25, 0.3) is 21.3 Å². The van der Waals surface area contributed by atoms with Crippen LogP contribution in [0.5, 0.6) is 0 Å². The second-order valence-corrected chi connectivity index (χ2v) is 6.17. The number of para-hydroxylation sites is 2. The number of nitrogens with zero attached hydrogens (tertiary/aromatic N) is 2. The minimum Gasteiger partial charge on any atom is -0.408 e. The first-order valence-corrected chi connectivity index (χ1v) is 8.26. The smallest absolute Gasteiger partial charge is 0.408 e. The van der Waals surface area contributed by atoms with Crippen molar-refractivity contribution < 1.29 is 9.21 Å². The quantitative estimate of drug-likeness (QED) is 0.620. The van der Waals surface area contributed by atoms with Crippen molar-refractivity contribution in [1.29, 1.82) is 0 Å². The molecule has 0 saturated heterocycles. The first-order valence-electron chi connectivity index (χ1n) is 7.38. The van der Waals surface area contributed by atoms with E-state index in [2.05, 4.69) is 10.3 Å². The van der Waals surface area contributed by atoms with Gasteiger partial charge < -0.3 is 9.73 Å². The monoisotopic (exact) mass is 339 g/mol. The molecule has 6 nitrogen and oxygen atoms in total. The summed E-state index contributed by atoms with van der Waals surface area (Å²) >= 11 is 1.54. The lowest BCUT2D eigenvalue weighted by Crippen LogP contribution is -2.30. The van der Waals surface area contributed by atoms with Gasteiger partial charge in [0.2, 0.25) is 5.91 Å². The van der Waals surface area contributed by atoms with E-state index in [9.17, 15) is 9.59 Å². The van der Waals surface area contributed by atoms with Crippen LogP contribution in [0.1, 0.15) is 5.56 Å². The van der Waals surface area contributed by atoms with Crippen molar-refractivity contribution in [1.82, 2.24) is 14.9 Å². The van der Waals surface area contributed by atoms with E-state index in [1.165, 1.54) is 4.57 Å². The highest BCUT2D eigenvalue weighted by Crippen LogP contribution is 2.21. The Balaban J connectivity index is 1.52. The third-order valence-electron chi connectivity index (χ3n) is 3.79. The molecule has 4 rings (SSSR count). The summed E-state index contributed by atoms with van der Waals surface area (Å²) in [5.74, 6) is -0.777. The highest BCUT2D eigenvalue weighted by atomic mass is 32.1. The van der Waals surface area contributed by atoms with Crippen LogP contribution in [-0.4, -0.2) is 15.5 Å². The fourth-order valence-electron chi connectivity index (χ4n) is 2.64. The third kappa shape index (κ3) is 2.59. The van der Waals surface area contributed by atoms with Crippen LogP contribution in [-0.2, 0) is 17.9 Å². The fraction of sp³-hybridized carbons (Fsp3) is 0.118. The Hall–Kier alpha value is -2.93. The van der Waals surface area contributed by atoms with Gasteiger partial charge in [-0.25, -0.2) is 9.78 Å². The van der Waals surface area contributed by atoms with Crippen molar-refractivity contribution in [2.75, 3.05) is 0 Å². The molecule has 2 aromatic carbocycles. The number of carbonyl (C=O) groups is 1. The van der Waals surface area contributed by atoms with Gasteiger partial charge >= 0.3 is 5.76 Å². The molecule has 0 aliphatic heterocycles. The topological polar surface area (TPSA) is 77.1 Å².